The van der Waals surface area contributed by atoms with E-state index in [-0.39, 0.29) is 0 Å². The fourth-order valence-corrected chi connectivity index (χ4v) is 1.56. The summed E-state index contributed by atoms with van der Waals surface area (Å²) in [6, 6.07) is 8.07. The first-order chi connectivity index (χ1) is 7.65. The van der Waals surface area contributed by atoms with Gasteiger partial charge >= 0.3 is 0 Å². The number of rotatable bonds is 3. The van der Waals surface area contributed by atoms with Crippen LogP contribution in [0.15, 0.2) is 41.1 Å². The average Bonchev–Trinajstić information content (AvgIpc) is 2.70. The van der Waals surface area contributed by atoms with E-state index in [0.29, 0.717) is 6.04 Å². The van der Waals surface area contributed by atoms with Gasteiger partial charge in [0.2, 0.25) is 0 Å². The molecule has 0 radical (unpaired) electrons. The van der Waals surface area contributed by atoms with Crippen LogP contribution in [0.4, 0.5) is 0 Å². The molecule has 0 N–H and O–H groups in total. The van der Waals surface area contributed by atoms with Crippen LogP contribution in [0, 0.1) is 0 Å². The Balaban J connectivity index is 2.11. The van der Waals surface area contributed by atoms with Crippen molar-refractivity contribution in [1.82, 2.24) is 9.78 Å². The minimum Gasteiger partial charge on any atom is -0.454 e. The molecule has 0 aliphatic carbocycles. The quantitative estimate of drug-likeness (QED) is 0.849. The van der Waals surface area contributed by atoms with Crippen molar-refractivity contribution in [1.29, 1.82) is 0 Å². The van der Waals surface area contributed by atoms with Gasteiger partial charge in [0, 0.05) is 10.5 Å². The molecule has 1 aromatic heterocycles. The maximum absolute atomic E-state index is 5.66. The molecule has 3 nitrogen and oxygen atoms in total. The summed E-state index contributed by atoms with van der Waals surface area (Å²) in [7, 11) is 0. The van der Waals surface area contributed by atoms with Gasteiger partial charge in [-0.15, -0.1) is 0 Å². The van der Waals surface area contributed by atoms with E-state index in [2.05, 4.69) is 34.9 Å². The number of ether oxygens (including phenoxy) is 1. The summed E-state index contributed by atoms with van der Waals surface area (Å²) in [5.41, 5.74) is 0. The number of aromatic nitrogens is 2. The second kappa shape index (κ2) is 4.70. The van der Waals surface area contributed by atoms with Crippen LogP contribution < -0.4 is 4.74 Å². The molecule has 1 aromatic carbocycles. The van der Waals surface area contributed by atoms with E-state index in [1.54, 1.807) is 6.20 Å². The first-order valence-corrected chi connectivity index (χ1v) is 5.92. The van der Waals surface area contributed by atoms with Crippen molar-refractivity contribution in [3.05, 3.63) is 41.1 Å². The molecule has 84 valence electrons. The second-order valence-corrected chi connectivity index (χ2v) is 4.72. The van der Waals surface area contributed by atoms with Gasteiger partial charge in [-0.1, -0.05) is 15.9 Å². The summed E-state index contributed by atoms with van der Waals surface area (Å²) in [6.07, 6.45) is 3.62. The lowest BCUT2D eigenvalue weighted by Gasteiger charge is -2.04. The van der Waals surface area contributed by atoms with Crippen LogP contribution in [0.2, 0.25) is 0 Å². The number of benzene rings is 1. The highest BCUT2D eigenvalue weighted by molar-refractivity contribution is 9.10. The molecule has 0 saturated carbocycles. The number of hydrogen-bond donors (Lipinski definition) is 0. The Morgan fingerprint density at radius 2 is 1.88 bits per heavy atom. The average molecular weight is 281 g/mol. The normalized spacial score (nSPS) is 10.8. The lowest BCUT2D eigenvalue weighted by molar-refractivity contribution is 0.477. The highest BCUT2D eigenvalue weighted by Gasteiger charge is 2.03. The number of halogens is 1. The molecule has 0 aliphatic heterocycles. The van der Waals surface area contributed by atoms with Gasteiger partial charge in [-0.05, 0) is 38.1 Å². The molecule has 0 amide bonds. The summed E-state index contributed by atoms with van der Waals surface area (Å²) >= 11 is 3.38. The number of nitrogens with zero attached hydrogens (tertiary/aromatic N) is 2. The number of hydrogen-bond acceptors (Lipinski definition) is 2. The SMILES string of the molecule is CC(C)n1cc(Oc2ccc(Br)cc2)cn1. The van der Waals surface area contributed by atoms with E-state index in [1.165, 1.54) is 0 Å². The minimum atomic E-state index is 0.349. The van der Waals surface area contributed by atoms with Gasteiger partial charge in [-0.25, -0.2) is 0 Å². The van der Waals surface area contributed by atoms with Crippen LogP contribution in [-0.4, -0.2) is 9.78 Å². The van der Waals surface area contributed by atoms with Crippen LogP contribution in [0.25, 0.3) is 0 Å². The second-order valence-electron chi connectivity index (χ2n) is 3.81. The zero-order valence-corrected chi connectivity index (χ0v) is 10.8. The summed E-state index contributed by atoms with van der Waals surface area (Å²) in [4.78, 5) is 0. The topological polar surface area (TPSA) is 27.1 Å². The molecular formula is C12H13BrN2O. The zero-order valence-electron chi connectivity index (χ0n) is 9.22. The molecule has 0 aliphatic rings. The molecule has 0 spiro atoms. The molecular weight excluding hydrogens is 268 g/mol. The third-order valence-electron chi connectivity index (χ3n) is 2.16. The zero-order chi connectivity index (χ0) is 11.5. The molecule has 0 bridgehead atoms. The van der Waals surface area contributed by atoms with Gasteiger partial charge < -0.3 is 4.74 Å². The van der Waals surface area contributed by atoms with E-state index >= 15 is 0 Å². The van der Waals surface area contributed by atoms with E-state index in [4.69, 9.17) is 4.74 Å². The molecule has 0 saturated heterocycles. The fraction of sp³-hybridized carbons (Fsp3) is 0.250. The maximum Gasteiger partial charge on any atom is 0.165 e. The van der Waals surface area contributed by atoms with E-state index in [0.717, 1.165) is 16.0 Å². The van der Waals surface area contributed by atoms with Gasteiger partial charge in [-0.2, -0.15) is 5.10 Å². The molecule has 2 rings (SSSR count). The lowest BCUT2D eigenvalue weighted by Crippen LogP contribution is -1.99. The molecule has 4 heteroatoms. The maximum atomic E-state index is 5.66. The predicted octanol–water partition coefficient (Wildman–Crippen LogP) is 4.02. The van der Waals surface area contributed by atoms with Gasteiger partial charge in [0.25, 0.3) is 0 Å². The fourth-order valence-electron chi connectivity index (χ4n) is 1.29. The minimum absolute atomic E-state index is 0.349. The van der Waals surface area contributed by atoms with Crippen LogP contribution in [0.5, 0.6) is 11.5 Å². The van der Waals surface area contributed by atoms with Gasteiger partial charge in [0.1, 0.15) is 5.75 Å². The predicted molar refractivity (Wildman–Crippen MR) is 66.8 cm³/mol. The Bertz CT molecular complexity index is 462. The molecule has 0 unspecified atom stereocenters. The summed E-state index contributed by atoms with van der Waals surface area (Å²) in [5.74, 6) is 1.57. The first kappa shape index (κ1) is 11.2. The highest BCUT2D eigenvalue weighted by Crippen LogP contribution is 2.23. The van der Waals surface area contributed by atoms with Crippen LogP contribution in [0.3, 0.4) is 0 Å². The van der Waals surface area contributed by atoms with Crippen molar-refractivity contribution in [2.45, 2.75) is 19.9 Å². The van der Waals surface area contributed by atoms with Crippen LogP contribution in [0.1, 0.15) is 19.9 Å². The van der Waals surface area contributed by atoms with E-state index in [9.17, 15) is 0 Å². The van der Waals surface area contributed by atoms with Gasteiger partial charge in [0.05, 0.1) is 12.4 Å². The van der Waals surface area contributed by atoms with Crippen molar-refractivity contribution in [3.63, 3.8) is 0 Å². The van der Waals surface area contributed by atoms with Crippen molar-refractivity contribution < 1.29 is 4.74 Å². The van der Waals surface area contributed by atoms with Crippen molar-refractivity contribution in [2.24, 2.45) is 0 Å². The monoisotopic (exact) mass is 280 g/mol. The van der Waals surface area contributed by atoms with Crippen LogP contribution >= 0.6 is 15.9 Å². The standard InChI is InChI=1S/C12H13BrN2O/c1-9(2)15-8-12(7-14-15)16-11-5-3-10(13)4-6-11/h3-9H,1-2H3. The van der Waals surface area contributed by atoms with E-state index in [1.807, 2.05) is 35.1 Å². The third kappa shape index (κ3) is 2.64. The van der Waals surface area contributed by atoms with Gasteiger partial charge in [-0.3, -0.25) is 4.68 Å². The Labute approximate surface area is 103 Å². The molecule has 0 atom stereocenters. The molecule has 16 heavy (non-hydrogen) atoms. The Morgan fingerprint density at radius 1 is 1.19 bits per heavy atom. The Kier molecular flexibility index (Phi) is 3.29. The Hall–Kier alpha value is -1.29. The molecule has 0 fully saturated rings. The highest BCUT2D eigenvalue weighted by atomic mass is 79.9. The van der Waals surface area contributed by atoms with Crippen molar-refractivity contribution in [2.75, 3.05) is 0 Å². The lowest BCUT2D eigenvalue weighted by atomic mass is 10.3. The summed E-state index contributed by atoms with van der Waals surface area (Å²) < 4.78 is 8.57. The summed E-state index contributed by atoms with van der Waals surface area (Å²) in [5, 5.41) is 4.21. The van der Waals surface area contributed by atoms with E-state index < -0.39 is 0 Å². The molecule has 1 heterocycles. The Morgan fingerprint density at radius 3 is 2.44 bits per heavy atom. The largest absolute Gasteiger partial charge is 0.454 e. The summed E-state index contributed by atoms with van der Waals surface area (Å²) in [6.45, 7) is 4.16. The van der Waals surface area contributed by atoms with Crippen molar-refractivity contribution >= 4 is 15.9 Å². The molecule has 2 aromatic rings. The smallest absolute Gasteiger partial charge is 0.165 e. The van der Waals surface area contributed by atoms with Crippen LogP contribution in [-0.2, 0) is 0 Å². The van der Waals surface area contributed by atoms with Crippen molar-refractivity contribution in [3.8, 4) is 11.5 Å². The third-order valence-corrected chi connectivity index (χ3v) is 2.68. The van der Waals surface area contributed by atoms with Gasteiger partial charge in [0.15, 0.2) is 5.75 Å². The first-order valence-electron chi connectivity index (χ1n) is 5.13.